The average Bonchev–Trinajstić information content (AvgIpc) is 4.09. The van der Waals surface area contributed by atoms with Crippen LogP contribution in [0.3, 0.4) is 0 Å². The first kappa shape index (κ1) is 38.7. The summed E-state index contributed by atoms with van der Waals surface area (Å²) in [5.41, 5.74) is 21.7. The summed E-state index contributed by atoms with van der Waals surface area (Å²) in [7, 11) is 0. The van der Waals surface area contributed by atoms with Crippen molar-refractivity contribution in [1.82, 2.24) is 0 Å². The molecule has 0 aromatic heterocycles. The van der Waals surface area contributed by atoms with Gasteiger partial charge < -0.3 is 4.90 Å². The second-order valence-electron chi connectivity index (χ2n) is 18.8. The average molecular weight is 844 g/mol. The van der Waals surface area contributed by atoms with Crippen molar-refractivity contribution in [2.45, 2.75) is 31.1 Å². The predicted octanol–water partition coefficient (Wildman–Crippen LogP) is 17.7. The van der Waals surface area contributed by atoms with Gasteiger partial charge in [0, 0.05) is 22.4 Å². The summed E-state index contributed by atoms with van der Waals surface area (Å²) in [6.07, 6.45) is 5.28. The molecular weight excluding hydrogens is 795 g/mol. The largest absolute Gasteiger partial charge is 0.310 e. The molecule has 314 valence electrons. The van der Waals surface area contributed by atoms with Crippen molar-refractivity contribution in [1.29, 1.82) is 0 Å². The van der Waals surface area contributed by atoms with Crippen molar-refractivity contribution < 1.29 is 0 Å². The van der Waals surface area contributed by atoms with E-state index in [0.717, 1.165) is 17.3 Å². The fourth-order valence-corrected chi connectivity index (χ4v) is 12.6. The van der Waals surface area contributed by atoms with Gasteiger partial charge in [0.25, 0.3) is 0 Å². The summed E-state index contributed by atoms with van der Waals surface area (Å²) < 4.78 is 0. The summed E-state index contributed by atoms with van der Waals surface area (Å²) in [5, 5.41) is 2.53. The Morgan fingerprint density at radius 2 is 0.848 bits per heavy atom. The maximum Gasteiger partial charge on any atom is 0.0540 e. The smallest absolute Gasteiger partial charge is 0.0540 e. The number of nitrogens with zero attached hydrogens (tertiary/aromatic N) is 1. The van der Waals surface area contributed by atoms with E-state index in [1.807, 2.05) is 0 Å². The van der Waals surface area contributed by atoms with Crippen molar-refractivity contribution in [2.24, 2.45) is 11.8 Å². The van der Waals surface area contributed by atoms with Gasteiger partial charge >= 0.3 is 0 Å². The Labute approximate surface area is 388 Å². The van der Waals surface area contributed by atoms with Crippen LogP contribution in [0, 0.1) is 11.8 Å². The molecule has 0 heterocycles. The predicted molar refractivity (Wildman–Crippen MR) is 277 cm³/mol. The molecular formula is C65H49N. The summed E-state index contributed by atoms with van der Waals surface area (Å²) >= 11 is 0. The molecule has 3 aliphatic rings. The van der Waals surface area contributed by atoms with E-state index in [2.05, 4.69) is 241 Å². The van der Waals surface area contributed by atoms with Crippen molar-refractivity contribution in [3.8, 4) is 66.8 Å². The molecule has 0 aliphatic heterocycles. The minimum Gasteiger partial charge on any atom is -0.310 e. The van der Waals surface area contributed by atoms with Gasteiger partial charge in [0.15, 0.2) is 0 Å². The van der Waals surface area contributed by atoms with Crippen LogP contribution in [-0.2, 0) is 5.41 Å². The van der Waals surface area contributed by atoms with Gasteiger partial charge in [-0.25, -0.2) is 0 Å². The van der Waals surface area contributed by atoms with Gasteiger partial charge in [0.1, 0.15) is 0 Å². The summed E-state index contributed by atoms with van der Waals surface area (Å²) in [6, 6.07) is 88.1. The van der Waals surface area contributed by atoms with E-state index in [9.17, 15) is 0 Å². The molecule has 1 heteroatoms. The van der Waals surface area contributed by atoms with Crippen molar-refractivity contribution in [3.63, 3.8) is 0 Å². The molecule has 66 heavy (non-hydrogen) atoms. The molecule has 3 atom stereocenters. The molecule has 3 unspecified atom stereocenters. The van der Waals surface area contributed by atoms with Crippen LogP contribution in [0.25, 0.3) is 77.5 Å². The minimum atomic E-state index is 0.0679. The normalized spacial score (nSPS) is 17.8. The molecule has 3 aliphatic carbocycles. The minimum absolute atomic E-state index is 0.0679. The van der Waals surface area contributed by atoms with Gasteiger partial charge in [-0.1, -0.05) is 213 Å². The Kier molecular flexibility index (Phi) is 9.24. The summed E-state index contributed by atoms with van der Waals surface area (Å²) in [6.45, 7) is 0. The molecule has 2 fully saturated rings. The zero-order valence-corrected chi connectivity index (χ0v) is 36.9. The highest BCUT2D eigenvalue weighted by Gasteiger charge is 2.56. The van der Waals surface area contributed by atoms with Gasteiger partial charge in [-0.05, 0) is 145 Å². The highest BCUT2D eigenvalue weighted by Crippen LogP contribution is 2.66. The second kappa shape index (κ2) is 15.8. The van der Waals surface area contributed by atoms with E-state index < -0.39 is 0 Å². The van der Waals surface area contributed by atoms with Crippen molar-refractivity contribution in [2.75, 3.05) is 4.90 Å². The third-order valence-electron chi connectivity index (χ3n) is 15.4. The van der Waals surface area contributed by atoms with Crippen LogP contribution in [0.15, 0.2) is 237 Å². The molecule has 2 bridgehead atoms. The van der Waals surface area contributed by atoms with E-state index in [1.54, 1.807) is 5.56 Å². The molecule has 0 saturated heterocycles. The van der Waals surface area contributed by atoms with Crippen LogP contribution in [0.5, 0.6) is 0 Å². The van der Waals surface area contributed by atoms with Crippen LogP contribution in [0.1, 0.15) is 36.8 Å². The third kappa shape index (κ3) is 6.14. The van der Waals surface area contributed by atoms with E-state index in [-0.39, 0.29) is 5.41 Å². The highest BCUT2D eigenvalue weighted by molar-refractivity contribution is 6.07. The number of rotatable bonds is 8. The van der Waals surface area contributed by atoms with Crippen LogP contribution in [0.4, 0.5) is 17.1 Å². The fourth-order valence-electron chi connectivity index (χ4n) is 12.6. The first-order valence-corrected chi connectivity index (χ1v) is 23.8. The Balaban J connectivity index is 1.00. The second-order valence-corrected chi connectivity index (χ2v) is 18.8. The number of fused-ring (bicyclic) bond motifs is 9. The first-order chi connectivity index (χ1) is 32.7. The van der Waals surface area contributed by atoms with E-state index in [0.29, 0.717) is 5.92 Å². The van der Waals surface area contributed by atoms with Gasteiger partial charge in [0.05, 0.1) is 5.69 Å². The zero-order valence-electron chi connectivity index (χ0n) is 36.9. The van der Waals surface area contributed by atoms with Crippen molar-refractivity contribution >= 4 is 27.8 Å². The number of anilines is 3. The molecule has 1 spiro atoms. The standard InChI is InChI=1S/C65H49N/c1-3-17-45(18-4-1)52-23-7-8-24-55(52)56-25-9-10-26-57(56)60-28-12-14-32-63(60)66(51-39-40-59-58-27-11-13-31-61(58)65(62(59)42-51)43-44-33-36-49(65)41-44)50-37-34-47(35-38-50)54-30-16-22-48-21-15-29-53(64(48)54)46-19-5-2-6-20-46/h1-32,34-35,37-40,42,44,49H,33,36,41,43H2. The number of hydrogen-bond acceptors (Lipinski definition) is 1. The molecule has 0 N–H and O–H groups in total. The Morgan fingerprint density at radius 1 is 0.348 bits per heavy atom. The molecule has 0 amide bonds. The van der Waals surface area contributed by atoms with Crippen LogP contribution in [0.2, 0.25) is 0 Å². The highest BCUT2D eigenvalue weighted by atomic mass is 15.1. The molecule has 0 radical (unpaired) electrons. The van der Waals surface area contributed by atoms with Gasteiger partial charge in [-0.3, -0.25) is 0 Å². The number of para-hydroxylation sites is 1. The molecule has 10 aromatic carbocycles. The van der Waals surface area contributed by atoms with Gasteiger partial charge in [-0.15, -0.1) is 0 Å². The zero-order chi connectivity index (χ0) is 43.6. The fraction of sp³-hybridized carbons (Fsp3) is 0.108. The SMILES string of the molecule is c1ccc(-c2ccccc2-c2ccccc2-c2ccccc2N(c2ccc(-c3cccc4cccc(-c5ccccc5)c34)cc2)c2ccc3c(c2)C2(CC4CCC2C4)c2ccccc2-3)cc1. The van der Waals surface area contributed by atoms with E-state index in [4.69, 9.17) is 0 Å². The Morgan fingerprint density at radius 3 is 1.50 bits per heavy atom. The monoisotopic (exact) mass is 843 g/mol. The Bertz CT molecular complexity index is 3430. The Hall–Kier alpha value is -7.74. The lowest BCUT2D eigenvalue weighted by Gasteiger charge is -2.37. The van der Waals surface area contributed by atoms with E-state index in [1.165, 1.54) is 114 Å². The first-order valence-electron chi connectivity index (χ1n) is 23.8. The maximum absolute atomic E-state index is 2.59. The number of hydrogen-bond donors (Lipinski definition) is 0. The quantitative estimate of drug-likeness (QED) is 0.147. The van der Waals surface area contributed by atoms with Crippen molar-refractivity contribution in [3.05, 3.63) is 248 Å². The molecule has 13 rings (SSSR count). The summed E-state index contributed by atoms with van der Waals surface area (Å²) in [5.74, 6) is 1.48. The summed E-state index contributed by atoms with van der Waals surface area (Å²) in [4.78, 5) is 2.54. The lowest BCUT2D eigenvalue weighted by atomic mass is 9.67. The lowest BCUT2D eigenvalue weighted by molar-refractivity contribution is 0.327. The third-order valence-corrected chi connectivity index (χ3v) is 15.4. The van der Waals surface area contributed by atoms with E-state index >= 15 is 0 Å². The number of benzene rings is 10. The topological polar surface area (TPSA) is 3.24 Å². The van der Waals surface area contributed by atoms with Gasteiger partial charge in [0.2, 0.25) is 0 Å². The van der Waals surface area contributed by atoms with Gasteiger partial charge in [-0.2, -0.15) is 0 Å². The molecule has 1 nitrogen and oxygen atoms in total. The van der Waals surface area contributed by atoms with Crippen LogP contribution in [-0.4, -0.2) is 0 Å². The molecule has 10 aromatic rings. The maximum atomic E-state index is 2.59. The lowest BCUT2D eigenvalue weighted by Crippen LogP contribution is -2.32. The molecule has 2 saturated carbocycles. The van der Waals surface area contributed by atoms with Crippen LogP contribution >= 0.6 is 0 Å². The van der Waals surface area contributed by atoms with Crippen LogP contribution < -0.4 is 4.90 Å².